The minimum atomic E-state index is 0.699. The molecule has 0 radical (unpaired) electrons. The molecular weight excluding hydrogens is 124 g/mol. The molecule has 1 nitrogen and oxygen atoms in total. The van der Waals surface area contributed by atoms with Crippen LogP contribution in [-0.2, 0) is 4.74 Å². The van der Waals surface area contributed by atoms with Crippen LogP contribution in [0.3, 0.4) is 0 Å². The average Bonchev–Trinajstić information content (AvgIpc) is 1.97. The Hall–Kier alpha value is -0.720. The third-order valence-electron chi connectivity index (χ3n) is 1.05. The molecule has 10 heavy (non-hydrogen) atoms. The predicted molar refractivity (Wildman–Crippen MR) is 44.8 cm³/mol. The number of hydrogen-bond acceptors (Lipinski definition) is 1. The van der Waals surface area contributed by atoms with Crippen molar-refractivity contribution < 1.29 is 4.74 Å². The van der Waals surface area contributed by atoms with Crippen molar-refractivity contribution in [2.45, 2.75) is 26.7 Å². The Balaban J connectivity index is 3.02. The van der Waals surface area contributed by atoms with Crippen LogP contribution in [0.25, 0.3) is 0 Å². The van der Waals surface area contributed by atoms with Crippen molar-refractivity contribution >= 4 is 0 Å². The van der Waals surface area contributed by atoms with Crippen molar-refractivity contribution in [3.8, 4) is 0 Å². The van der Waals surface area contributed by atoms with E-state index in [0.29, 0.717) is 6.61 Å². The number of hydrogen-bond donors (Lipinski definition) is 0. The number of ether oxygens (including phenoxy) is 1. The fourth-order valence-electron chi connectivity index (χ4n) is 0.560. The Bertz CT molecular complexity index is 103. The summed E-state index contributed by atoms with van der Waals surface area (Å²) < 4.78 is 5.06. The zero-order valence-electron chi connectivity index (χ0n) is 6.84. The van der Waals surface area contributed by atoms with E-state index in [4.69, 9.17) is 4.74 Å². The molecule has 0 bridgehead atoms. The van der Waals surface area contributed by atoms with Crippen LogP contribution in [0.2, 0.25) is 0 Å². The van der Waals surface area contributed by atoms with E-state index in [1.54, 1.807) is 6.26 Å². The Labute approximate surface area is 63.4 Å². The second kappa shape index (κ2) is 8.28. The smallest absolute Gasteiger partial charge is 0.105 e. The maximum atomic E-state index is 5.06. The molecule has 0 aliphatic rings. The average molecular weight is 140 g/mol. The SMILES string of the molecule is CC=COC/C=C/CCC. The van der Waals surface area contributed by atoms with Gasteiger partial charge in [0.25, 0.3) is 0 Å². The van der Waals surface area contributed by atoms with Crippen molar-refractivity contribution in [1.29, 1.82) is 0 Å². The highest BCUT2D eigenvalue weighted by Crippen LogP contribution is 1.88. The Morgan fingerprint density at radius 2 is 2.10 bits per heavy atom. The first-order chi connectivity index (χ1) is 4.91. The maximum absolute atomic E-state index is 5.06. The van der Waals surface area contributed by atoms with E-state index in [-0.39, 0.29) is 0 Å². The van der Waals surface area contributed by atoms with Gasteiger partial charge in [0.15, 0.2) is 0 Å². The molecule has 0 saturated heterocycles. The van der Waals surface area contributed by atoms with Gasteiger partial charge in [-0.05, 0) is 13.3 Å². The summed E-state index contributed by atoms with van der Waals surface area (Å²) in [5, 5.41) is 0. The zero-order chi connectivity index (χ0) is 7.66. The summed E-state index contributed by atoms with van der Waals surface area (Å²) in [7, 11) is 0. The highest BCUT2D eigenvalue weighted by molar-refractivity contribution is 4.81. The Kier molecular flexibility index (Phi) is 7.68. The van der Waals surface area contributed by atoms with Crippen LogP contribution in [-0.4, -0.2) is 6.61 Å². The standard InChI is InChI=1S/C9H16O/c1-3-5-6-7-9-10-8-4-2/h4,6-8H,3,5,9H2,1-2H3/b7-6+,8-4?. The number of rotatable bonds is 5. The van der Waals surface area contributed by atoms with E-state index >= 15 is 0 Å². The molecule has 0 N–H and O–H groups in total. The molecule has 0 unspecified atom stereocenters. The Morgan fingerprint density at radius 1 is 1.30 bits per heavy atom. The fraction of sp³-hybridized carbons (Fsp3) is 0.556. The van der Waals surface area contributed by atoms with Gasteiger partial charge in [0.2, 0.25) is 0 Å². The molecule has 0 aromatic carbocycles. The number of unbranched alkanes of at least 4 members (excludes halogenated alkanes) is 1. The van der Waals surface area contributed by atoms with E-state index in [1.165, 1.54) is 6.42 Å². The highest BCUT2D eigenvalue weighted by Gasteiger charge is 1.73. The molecule has 0 spiro atoms. The largest absolute Gasteiger partial charge is 0.497 e. The van der Waals surface area contributed by atoms with Crippen molar-refractivity contribution in [3.05, 3.63) is 24.5 Å². The summed E-state index contributed by atoms with van der Waals surface area (Å²) in [4.78, 5) is 0. The third-order valence-corrected chi connectivity index (χ3v) is 1.05. The second-order valence-corrected chi connectivity index (χ2v) is 2.06. The van der Waals surface area contributed by atoms with Crippen LogP contribution in [0.5, 0.6) is 0 Å². The fourth-order valence-corrected chi connectivity index (χ4v) is 0.560. The van der Waals surface area contributed by atoms with Crippen molar-refractivity contribution in [2.75, 3.05) is 6.61 Å². The highest BCUT2D eigenvalue weighted by atomic mass is 16.5. The molecular formula is C9H16O. The van der Waals surface area contributed by atoms with Crippen molar-refractivity contribution in [3.63, 3.8) is 0 Å². The lowest BCUT2D eigenvalue weighted by Gasteiger charge is -1.91. The lowest BCUT2D eigenvalue weighted by Crippen LogP contribution is -1.79. The van der Waals surface area contributed by atoms with Gasteiger partial charge in [-0.25, -0.2) is 0 Å². The van der Waals surface area contributed by atoms with Crippen LogP contribution in [0.4, 0.5) is 0 Å². The number of allylic oxidation sites excluding steroid dienone is 2. The summed E-state index contributed by atoms with van der Waals surface area (Å²) >= 11 is 0. The summed E-state index contributed by atoms with van der Waals surface area (Å²) in [6.07, 6.45) is 10.1. The first kappa shape index (κ1) is 9.28. The molecule has 0 fully saturated rings. The molecule has 0 heterocycles. The third kappa shape index (κ3) is 7.28. The van der Waals surface area contributed by atoms with Crippen LogP contribution in [0.1, 0.15) is 26.7 Å². The lowest BCUT2D eigenvalue weighted by atomic mass is 10.3. The lowest BCUT2D eigenvalue weighted by molar-refractivity contribution is 0.289. The van der Waals surface area contributed by atoms with Gasteiger partial charge >= 0.3 is 0 Å². The van der Waals surface area contributed by atoms with Crippen molar-refractivity contribution in [2.24, 2.45) is 0 Å². The second-order valence-electron chi connectivity index (χ2n) is 2.06. The van der Waals surface area contributed by atoms with Gasteiger partial charge in [0.1, 0.15) is 6.61 Å². The molecule has 0 aliphatic carbocycles. The topological polar surface area (TPSA) is 9.23 Å². The van der Waals surface area contributed by atoms with E-state index in [9.17, 15) is 0 Å². The molecule has 0 aromatic rings. The first-order valence-corrected chi connectivity index (χ1v) is 3.79. The molecule has 1 heteroatoms. The van der Waals surface area contributed by atoms with Crippen LogP contribution >= 0.6 is 0 Å². The summed E-state index contributed by atoms with van der Waals surface area (Å²) in [5.41, 5.74) is 0. The molecule has 0 aromatic heterocycles. The predicted octanol–water partition coefficient (Wildman–Crippen LogP) is 2.89. The normalized spacial score (nSPS) is 11.4. The molecule has 0 amide bonds. The van der Waals surface area contributed by atoms with Crippen molar-refractivity contribution in [1.82, 2.24) is 0 Å². The summed E-state index contributed by atoms with van der Waals surface area (Å²) in [6, 6.07) is 0. The molecule has 58 valence electrons. The Morgan fingerprint density at radius 3 is 2.70 bits per heavy atom. The van der Waals surface area contributed by atoms with Crippen LogP contribution in [0, 0.1) is 0 Å². The molecule has 0 saturated carbocycles. The van der Waals surface area contributed by atoms with Gasteiger partial charge in [-0.2, -0.15) is 0 Å². The van der Waals surface area contributed by atoms with E-state index < -0.39 is 0 Å². The van der Waals surface area contributed by atoms with E-state index in [1.807, 2.05) is 19.1 Å². The molecule has 0 aliphatic heterocycles. The van der Waals surface area contributed by atoms with Gasteiger partial charge < -0.3 is 4.74 Å². The first-order valence-electron chi connectivity index (χ1n) is 3.79. The van der Waals surface area contributed by atoms with E-state index in [0.717, 1.165) is 6.42 Å². The zero-order valence-corrected chi connectivity index (χ0v) is 6.84. The van der Waals surface area contributed by atoms with Crippen LogP contribution < -0.4 is 0 Å². The molecule has 0 atom stereocenters. The minimum absolute atomic E-state index is 0.699. The van der Waals surface area contributed by atoms with Gasteiger partial charge in [0, 0.05) is 0 Å². The van der Waals surface area contributed by atoms with E-state index in [2.05, 4.69) is 13.0 Å². The summed E-state index contributed by atoms with van der Waals surface area (Å²) in [6.45, 7) is 4.80. The molecule has 0 rings (SSSR count). The maximum Gasteiger partial charge on any atom is 0.105 e. The van der Waals surface area contributed by atoms with Gasteiger partial charge in [0.05, 0.1) is 6.26 Å². The van der Waals surface area contributed by atoms with Gasteiger partial charge in [-0.3, -0.25) is 0 Å². The summed E-state index contributed by atoms with van der Waals surface area (Å²) in [5.74, 6) is 0. The van der Waals surface area contributed by atoms with Gasteiger partial charge in [-0.1, -0.05) is 31.6 Å². The van der Waals surface area contributed by atoms with Gasteiger partial charge in [-0.15, -0.1) is 0 Å². The van der Waals surface area contributed by atoms with Crippen LogP contribution in [0.15, 0.2) is 24.5 Å². The quantitative estimate of drug-likeness (QED) is 0.324. The minimum Gasteiger partial charge on any atom is -0.497 e. The monoisotopic (exact) mass is 140 g/mol.